The van der Waals surface area contributed by atoms with Crippen LogP contribution in [0.2, 0.25) is 0 Å². The Morgan fingerprint density at radius 1 is 1.15 bits per heavy atom. The number of nitrogens with one attached hydrogen (secondary N) is 1. The van der Waals surface area contributed by atoms with Gasteiger partial charge in [-0.15, -0.1) is 0 Å². The number of nitrogens with zero attached hydrogens (tertiary/aromatic N) is 1. The standard InChI is InChI=1S/C19H28N2O5/c1-14(2)20-17(22)11-7-8-12-21(3)19(25)26-16(18(23)24)13-15-9-5-4-6-10-15/h4-6,9-10,14,16H,7-8,11-13H2,1-3H3,(H,20,22)(H,23,24)/t16-/m0/s1. The van der Waals surface area contributed by atoms with Crippen LogP contribution in [0.1, 0.15) is 38.7 Å². The van der Waals surface area contributed by atoms with Crippen molar-refractivity contribution in [1.29, 1.82) is 0 Å². The highest BCUT2D eigenvalue weighted by Crippen LogP contribution is 2.09. The normalized spacial score (nSPS) is 11.7. The summed E-state index contributed by atoms with van der Waals surface area (Å²) < 4.78 is 5.12. The molecule has 1 rings (SSSR count). The molecule has 0 fully saturated rings. The molecule has 0 heterocycles. The van der Waals surface area contributed by atoms with Crippen LogP contribution in [0.25, 0.3) is 0 Å². The van der Waals surface area contributed by atoms with Crippen LogP contribution >= 0.6 is 0 Å². The van der Waals surface area contributed by atoms with Crippen LogP contribution in [0.5, 0.6) is 0 Å². The fourth-order valence-electron chi connectivity index (χ4n) is 2.34. The van der Waals surface area contributed by atoms with Crippen molar-refractivity contribution in [2.24, 2.45) is 0 Å². The molecule has 0 saturated heterocycles. The van der Waals surface area contributed by atoms with Gasteiger partial charge in [-0.2, -0.15) is 0 Å². The van der Waals surface area contributed by atoms with Gasteiger partial charge < -0.3 is 20.1 Å². The third kappa shape index (κ3) is 8.50. The molecule has 0 radical (unpaired) electrons. The van der Waals surface area contributed by atoms with E-state index in [0.29, 0.717) is 25.8 Å². The lowest BCUT2D eigenvalue weighted by molar-refractivity contribution is -0.147. The van der Waals surface area contributed by atoms with Crippen molar-refractivity contribution in [3.8, 4) is 0 Å². The van der Waals surface area contributed by atoms with E-state index in [2.05, 4.69) is 5.32 Å². The first-order valence-corrected chi connectivity index (χ1v) is 8.77. The molecule has 7 nitrogen and oxygen atoms in total. The van der Waals surface area contributed by atoms with Crippen LogP contribution in [0.15, 0.2) is 30.3 Å². The van der Waals surface area contributed by atoms with Crippen LogP contribution in [-0.2, 0) is 20.7 Å². The smallest absolute Gasteiger partial charge is 0.410 e. The van der Waals surface area contributed by atoms with E-state index in [4.69, 9.17) is 4.74 Å². The third-order valence-electron chi connectivity index (χ3n) is 3.69. The van der Waals surface area contributed by atoms with E-state index in [1.54, 1.807) is 31.3 Å². The first kappa shape index (κ1) is 21.5. The maximum Gasteiger partial charge on any atom is 0.410 e. The summed E-state index contributed by atoms with van der Waals surface area (Å²) in [5.41, 5.74) is 0.784. The summed E-state index contributed by atoms with van der Waals surface area (Å²) in [5, 5.41) is 12.1. The van der Waals surface area contributed by atoms with E-state index < -0.39 is 18.2 Å². The fourth-order valence-corrected chi connectivity index (χ4v) is 2.34. The van der Waals surface area contributed by atoms with E-state index in [1.165, 1.54) is 4.90 Å². The molecule has 1 atom stereocenters. The second-order valence-electron chi connectivity index (χ2n) is 6.50. The molecule has 0 aliphatic rings. The molecule has 0 aliphatic heterocycles. The predicted octanol–water partition coefficient (Wildman–Crippen LogP) is 2.45. The van der Waals surface area contributed by atoms with Crippen molar-refractivity contribution in [3.63, 3.8) is 0 Å². The largest absolute Gasteiger partial charge is 0.478 e. The van der Waals surface area contributed by atoms with Gasteiger partial charge in [0.25, 0.3) is 0 Å². The van der Waals surface area contributed by atoms with E-state index in [0.717, 1.165) is 5.56 Å². The number of carboxylic acids is 1. The SMILES string of the molecule is CC(C)NC(=O)CCCCN(C)C(=O)O[C@@H](Cc1ccccc1)C(=O)O. The summed E-state index contributed by atoms with van der Waals surface area (Å²) in [6, 6.07) is 9.12. The molecule has 0 aromatic heterocycles. The number of ether oxygens (including phenoxy) is 1. The Labute approximate surface area is 154 Å². The molecule has 2 amide bonds. The lowest BCUT2D eigenvalue weighted by atomic mass is 10.1. The highest BCUT2D eigenvalue weighted by molar-refractivity contribution is 5.77. The first-order chi connectivity index (χ1) is 12.3. The molecule has 26 heavy (non-hydrogen) atoms. The average Bonchev–Trinajstić information content (AvgIpc) is 2.58. The zero-order valence-corrected chi connectivity index (χ0v) is 15.6. The minimum atomic E-state index is -1.23. The van der Waals surface area contributed by atoms with Gasteiger partial charge in [-0.05, 0) is 32.3 Å². The van der Waals surface area contributed by atoms with Crippen molar-refractivity contribution in [1.82, 2.24) is 10.2 Å². The number of benzene rings is 1. The number of aliphatic carboxylic acids is 1. The highest BCUT2D eigenvalue weighted by atomic mass is 16.6. The summed E-state index contributed by atoms with van der Waals surface area (Å²) in [7, 11) is 1.55. The Morgan fingerprint density at radius 2 is 1.81 bits per heavy atom. The number of hydrogen-bond donors (Lipinski definition) is 2. The molecule has 1 aromatic rings. The van der Waals surface area contributed by atoms with Gasteiger partial charge in [0.1, 0.15) is 0 Å². The summed E-state index contributed by atoms with van der Waals surface area (Å²) in [6.45, 7) is 4.19. The molecule has 0 spiro atoms. The van der Waals surface area contributed by atoms with Crippen LogP contribution < -0.4 is 5.32 Å². The van der Waals surface area contributed by atoms with Gasteiger partial charge in [-0.25, -0.2) is 9.59 Å². The van der Waals surface area contributed by atoms with Gasteiger partial charge in [0.15, 0.2) is 0 Å². The van der Waals surface area contributed by atoms with Crippen molar-refractivity contribution in [2.45, 2.75) is 51.7 Å². The number of carbonyl (C=O) groups excluding carboxylic acids is 2. The first-order valence-electron chi connectivity index (χ1n) is 8.77. The molecular weight excluding hydrogens is 336 g/mol. The minimum Gasteiger partial charge on any atom is -0.478 e. The predicted molar refractivity (Wildman–Crippen MR) is 97.8 cm³/mol. The maximum atomic E-state index is 12.1. The van der Waals surface area contributed by atoms with Gasteiger partial charge in [0.05, 0.1) is 0 Å². The number of rotatable bonds is 10. The summed E-state index contributed by atoms with van der Waals surface area (Å²) in [5.74, 6) is -1.19. The van der Waals surface area contributed by atoms with Gasteiger partial charge in [-0.3, -0.25) is 4.79 Å². The summed E-state index contributed by atoms with van der Waals surface area (Å²) in [4.78, 5) is 36.3. The Hall–Kier alpha value is -2.57. The molecule has 7 heteroatoms. The third-order valence-corrected chi connectivity index (χ3v) is 3.69. The molecule has 0 aliphatic carbocycles. The zero-order chi connectivity index (χ0) is 19.5. The number of unbranched alkanes of at least 4 members (excludes halogenated alkanes) is 1. The second-order valence-corrected chi connectivity index (χ2v) is 6.50. The van der Waals surface area contributed by atoms with Crippen LogP contribution in [0.3, 0.4) is 0 Å². The van der Waals surface area contributed by atoms with Crippen LogP contribution in [0, 0.1) is 0 Å². The van der Waals surface area contributed by atoms with E-state index in [-0.39, 0.29) is 18.4 Å². The maximum absolute atomic E-state index is 12.1. The van der Waals surface area contributed by atoms with Crippen molar-refractivity contribution in [3.05, 3.63) is 35.9 Å². The second kappa shape index (κ2) is 11.1. The minimum absolute atomic E-state index is 0.0148. The van der Waals surface area contributed by atoms with Crippen molar-refractivity contribution < 1.29 is 24.2 Å². The van der Waals surface area contributed by atoms with Crippen molar-refractivity contribution in [2.75, 3.05) is 13.6 Å². The Morgan fingerprint density at radius 3 is 2.38 bits per heavy atom. The van der Waals surface area contributed by atoms with Crippen LogP contribution in [0.4, 0.5) is 4.79 Å². The number of amides is 2. The molecule has 2 N–H and O–H groups in total. The molecular formula is C19H28N2O5. The van der Waals surface area contributed by atoms with Crippen molar-refractivity contribution >= 4 is 18.0 Å². The summed E-state index contributed by atoms with van der Waals surface area (Å²) >= 11 is 0. The number of hydrogen-bond acceptors (Lipinski definition) is 4. The molecule has 0 saturated carbocycles. The lowest BCUT2D eigenvalue weighted by Crippen LogP contribution is -2.36. The lowest BCUT2D eigenvalue weighted by Gasteiger charge is -2.20. The Kier molecular flexibility index (Phi) is 9.19. The topological polar surface area (TPSA) is 95.9 Å². The van der Waals surface area contributed by atoms with E-state index in [1.807, 2.05) is 19.9 Å². The fraction of sp³-hybridized carbons (Fsp3) is 0.526. The highest BCUT2D eigenvalue weighted by Gasteiger charge is 2.24. The Balaban J connectivity index is 2.38. The average molecular weight is 364 g/mol. The molecule has 144 valence electrons. The van der Waals surface area contributed by atoms with Gasteiger partial charge in [0, 0.05) is 32.5 Å². The van der Waals surface area contributed by atoms with E-state index >= 15 is 0 Å². The number of carbonyl (C=O) groups is 3. The summed E-state index contributed by atoms with van der Waals surface area (Å²) in [6.07, 6.45) is -0.127. The van der Waals surface area contributed by atoms with Gasteiger partial charge >= 0.3 is 12.1 Å². The quantitative estimate of drug-likeness (QED) is 0.622. The Bertz CT molecular complexity index is 589. The number of carboxylic acid groups (broad SMARTS) is 1. The monoisotopic (exact) mass is 364 g/mol. The van der Waals surface area contributed by atoms with Gasteiger partial charge in [0.2, 0.25) is 12.0 Å². The van der Waals surface area contributed by atoms with Gasteiger partial charge in [-0.1, -0.05) is 30.3 Å². The zero-order valence-electron chi connectivity index (χ0n) is 15.6. The van der Waals surface area contributed by atoms with E-state index in [9.17, 15) is 19.5 Å². The molecule has 0 unspecified atom stereocenters. The molecule has 0 bridgehead atoms. The van der Waals surface area contributed by atoms with Crippen LogP contribution in [-0.4, -0.2) is 53.7 Å². The molecule has 1 aromatic carbocycles.